The van der Waals surface area contributed by atoms with Gasteiger partial charge in [-0.15, -0.1) is 0 Å². The Morgan fingerprint density at radius 3 is 2.80 bits per heavy atom. The fourth-order valence-corrected chi connectivity index (χ4v) is 1.81. The Morgan fingerprint density at radius 1 is 1.35 bits per heavy atom. The van der Waals surface area contributed by atoms with Crippen LogP contribution in [-0.4, -0.2) is 30.3 Å². The van der Waals surface area contributed by atoms with Gasteiger partial charge in [0.1, 0.15) is 5.82 Å². The number of urea groups is 1. The summed E-state index contributed by atoms with van der Waals surface area (Å²) in [7, 11) is 0. The average Bonchev–Trinajstić information content (AvgIpc) is 2.43. The number of hydrogen-bond acceptors (Lipinski definition) is 2. The Kier molecular flexibility index (Phi) is 7.65. The fourth-order valence-electron chi connectivity index (χ4n) is 1.81. The van der Waals surface area contributed by atoms with Gasteiger partial charge in [0.05, 0.1) is 6.10 Å². The van der Waals surface area contributed by atoms with E-state index in [4.69, 9.17) is 0 Å². The number of hydrogen-bond donors (Lipinski definition) is 3. The molecule has 112 valence electrons. The summed E-state index contributed by atoms with van der Waals surface area (Å²) in [6, 6.07) is 6.25. The molecule has 0 spiro atoms. The Labute approximate surface area is 119 Å². The predicted octanol–water partition coefficient (Wildman–Crippen LogP) is 2.22. The minimum Gasteiger partial charge on any atom is -0.393 e. The minimum atomic E-state index is -0.358. The lowest BCUT2D eigenvalue weighted by atomic mass is 10.1. The van der Waals surface area contributed by atoms with Crippen LogP contribution in [0.2, 0.25) is 0 Å². The van der Waals surface area contributed by atoms with Gasteiger partial charge < -0.3 is 15.7 Å². The molecule has 0 fully saturated rings. The average molecular weight is 282 g/mol. The maximum Gasteiger partial charge on any atom is 0.314 e. The van der Waals surface area contributed by atoms with Crippen LogP contribution in [0.25, 0.3) is 0 Å². The van der Waals surface area contributed by atoms with E-state index in [0.717, 1.165) is 18.4 Å². The molecule has 0 heterocycles. The highest BCUT2D eigenvalue weighted by molar-refractivity contribution is 5.73. The maximum absolute atomic E-state index is 12.9. The van der Waals surface area contributed by atoms with Gasteiger partial charge in [0.25, 0.3) is 0 Å². The van der Waals surface area contributed by atoms with Crippen molar-refractivity contribution in [2.75, 3.05) is 13.1 Å². The van der Waals surface area contributed by atoms with E-state index in [1.165, 1.54) is 12.1 Å². The van der Waals surface area contributed by atoms with Crippen LogP contribution in [0.3, 0.4) is 0 Å². The second kappa shape index (κ2) is 9.31. The van der Waals surface area contributed by atoms with Crippen molar-refractivity contribution in [2.24, 2.45) is 0 Å². The standard InChI is InChI=1S/C15H23FN2O2/c1-2-14(19)8-10-18-15(20)17-9-4-6-12-5-3-7-13(16)11-12/h3,5,7,11,14,19H,2,4,6,8-10H2,1H3,(H2,17,18,20). The van der Waals surface area contributed by atoms with Crippen molar-refractivity contribution in [3.63, 3.8) is 0 Å². The van der Waals surface area contributed by atoms with Gasteiger partial charge in [0, 0.05) is 13.1 Å². The molecule has 2 amide bonds. The SMILES string of the molecule is CCC(O)CCNC(=O)NCCCc1cccc(F)c1. The lowest BCUT2D eigenvalue weighted by Gasteiger charge is -2.10. The normalized spacial score (nSPS) is 11.9. The molecule has 20 heavy (non-hydrogen) atoms. The van der Waals surface area contributed by atoms with Crippen molar-refractivity contribution in [2.45, 2.75) is 38.7 Å². The Hall–Kier alpha value is -1.62. The van der Waals surface area contributed by atoms with Crippen molar-refractivity contribution >= 4 is 6.03 Å². The first-order valence-electron chi connectivity index (χ1n) is 7.06. The summed E-state index contributed by atoms with van der Waals surface area (Å²) in [6.07, 6.45) is 2.38. The van der Waals surface area contributed by atoms with Crippen LogP contribution in [0, 0.1) is 5.82 Å². The molecule has 0 aromatic heterocycles. The van der Waals surface area contributed by atoms with E-state index in [2.05, 4.69) is 10.6 Å². The van der Waals surface area contributed by atoms with Gasteiger partial charge in [-0.3, -0.25) is 0 Å². The van der Waals surface area contributed by atoms with Crippen LogP contribution < -0.4 is 10.6 Å². The molecule has 1 aromatic rings. The summed E-state index contributed by atoms with van der Waals surface area (Å²) in [5, 5.41) is 14.8. The summed E-state index contributed by atoms with van der Waals surface area (Å²) >= 11 is 0. The number of benzene rings is 1. The zero-order valence-electron chi connectivity index (χ0n) is 11.9. The highest BCUT2D eigenvalue weighted by Crippen LogP contribution is 2.05. The highest BCUT2D eigenvalue weighted by Gasteiger charge is 2.03. The number of rotatable bonds is 8. The summed E-state index contributed by atoms with van der Waals surface area (Å²) in [4.78, 5) is 11.4. The van der Waals surface area contributed by atoms with E-state index < -0.39 is 0 Å². The molecule has 1 unspecified atom stereocenters. The Balaban J connectivity index is 2.07. The molecule has 0 saturated heterocycles. The van der Waals surface area contributed by atoms with E-state index in [0.29, 0.717) is 25.9 Å². The summed E-state index contributed by atoms with van der Waals surface area (Å²) < 4.78 is 12.9. The summed E-state index contributed by atoms with van der Waals surface area (Å²) in [5.41, 5.74) is 0.929. The fraction of sp³-hybridized carbons (Fsp3) is 0.533. The van der Waals surface area contributed by atoms with Gasteiger partial charge in [-0.1, -0.05) is 19.1 Å². The molecular weight excluding hydrogens is 259 g/mol. The number of carbonyl (C=O) groups excluding carboxylic acids is 1. The molecule has 0 bridgehead atoms. The predicted molar refractivity (Wildman–Crippen MR) is 77.0 cm³/mol. The molecule has 1 atom stereocenters. The summed E-state index contributed by atoms with van der Waals surface area (Å²) in [5.74, 6) is -0.234. The zero-order valence-corrected chi connectivity index (χ0v) is 11.9. The van der Waals surface area contributed by atoms with Gasteiger partial charge in [-0.25, -0.2) is 9.18 Å². The third-order valence-corrected chi connectivity index (χ3v) is 3.05. The van der Waals surface area contributed by atoms with Gasteiger partial charge in [-0.2, -0.15) is 0 Å². The Bertz CT molecular complexity index is 413. The number of halogens is 1. The van der Waals surface area contributed by atoms with Crippen LogP contribution in [0.4, 0.5) is 9.18 Å². The maximum atomic E-state index is 12.9. The molecular formula is C15H23FN2O2. The molecule has 0 saturated carbocycles. The topological polar surface area (TPSA) is 61.4 Å². The van der Waals surface area contributed by atoms with Gasteiger partial charge in [-0.05, 0) is 43.4 Å². The molecule has 0 aliphatic heterocycles. The zero-order chi connectivity index (χ0) is 14.8. The van der Waals surface area contributed by atoms with E-state index in [1.807, 2.05) is 13.0 Å². The quantitative estimate of drug-likeness (QED) is 0.640. The van der Waals surface area contributed by atoms with E-state index in [9.17, 15) is 14.3 Å². The van der Waals surface area contributed by atoms with Crippen molar-refractivity contribution in [1.29, 1.82) is 0 Å². The van der Waals surface area contributed by atoms with Crippen LogP contribution in [0.5, 0.6) is 0 Å². The van der Waals surface area contributed by atoms with Gasteiger partial charge in [0.15, 0.2) is 0 Å². The molecule has 1 aromatic carbocycles. The van der Waals surface area contributed by atoms with E-state index in [-0.39, 0.29) is 18.0 Å². The third kappa shape index (κ3) is 7.09. The molecule has 4 nitrogen and oxygen atoms in total. The lowest BCUT2D eigenvalue weighted by Crippen LogP contribution is -2.37. The molecule has 0 aliphatic rings. The van der Waals surface area contributed by atoms with Gasteiger partial charge >= 0.3 is 6.03 Å². The molecule has 3 N–H and O–H groups in total. The highest BCUT2D eigenvalue weighted by atomic mass is 19.1. The third-order valence-electron chi connectivity index (χ3n) is 3.05. The van der Waals surface area contributed by atoms with Crippen molar-refractivity contribution in [1.82, 2.24) is 10.6 Å². The van der Waals surface area contributed by atoms with Crippen LogP contribution in [-0.2, 0) is 6.42 Å². The number of carbonyl (C=O) groups is 1. The molecule has 5 heteroatoms. The van der Waals surface area contributed by atoms with Crippen molar-refractivity contribution in [3.05, 3.63) is 35.6 Å². The van der Waals surface area contributed by atoms with E-state index >= 15 is 0 Å². The van der Waals surface area contributed by atoms with Crippen molar-refractivity contribution in [3.8, 4) is 0 Å². The number of nitrogens with one attached hydrogen (secondary N) is 2. The molecule has 0 radical (unpaired) electrons. The second-order valence-corrected chi connectivity index (χ2v) is 4.77. The van der Waals surface area contributed by atoms with Crippen LogP contribution >= 0.6 is 0 Å². The van der Waals surface area contributed by atoms with Crippen molar-refractivity contribution < 1.29 is 14.3 Å². The Morgan fingerprint density at radius 2 is 2.10 bits per heavy atom. The number of aliphatic hydroxyl groups is 1. The first-order valence-corrected chi connectivity index (χ1v) is 7.06. The van der Waals surface area contributed by atoms with Crippen LogP contribution in [0.1, 0.15) is 31.7 Å². The first-order chi connectivity index (χ1) is 9.61. The monoisotopic (exact) mass is 282 g/mol. The smallest absolute Gasteiger partial charge is 0.314 e. The second-order valence-electron chi connectivity index (χ2n) is 4.77. The molecule has 0 aliphatic carbocycles. The van der Waals surface area contributed by atoms with Crippen LogP contribution in [0.15, 0.2) is 24.3 Å². The lowest BCUT2D eigenvalue weighted by molar-refractivity contribution is 0.160. The number of aliphatic hydroxyl groups excluding tert-OH is 1. The minimum absolute atomic E-state index is 0.229. The largest absolute Gasteiger partial charge is 0.393 e. The molecule has 1 rings (SSSR count). The van der Waals surface area contributed by atoms with E-state index in [1.54, 1.807) is 6.07 Å². The number of amides is 2. The van der Waals surface area contributed by atoms with Gasteiger partial charge in [0.2, 0.25) is 0 Å². The first kappa shape index (κ1) is 16.4. The summed E-state index contributed by atoms with van der Waals surface area (Å²) in [6.45, 7) is 2.90. The number of aryl methyl sites for hydroxylation is 1.